The zero-order valence-corrected chi connectivity index (χ0v) is 21.6. The number of anilines is 1. The largest absolute Gasteiger partial charge is 0.454 e. The number of nitrogens with zero attached hydrogens (tertiary/aromatic N) is 2. The molecule has 1 aliphatic rings. The van der Waals surface area contributed by atoms with E-state index in [4.69, 9.17) is 9.47 Å². The third kappa shape index (κ3) is 5.00. The van der Waals surface area contributed by atoms with Gasteiger partial charge in [0.2, 0.25) is 18.6 Å². The highest BCUT2D eigenvalue weighted by atomic mass is 16.7. The number of benzene rings is 3. The SMILES string of the molecule is C=CCn1c(C)c(CC(=O)N[C@@H](Cc2ccccc2)C(=O)N(C)c2ccc3c(c2)OCO3)c2ccccc21. The Hall–Kier alpha value is -4.52. The van der Waals surface area contributed by atoms with Crippen molar-refractivity contribution in [2.24, 2.45) is 0 Å². The van der Waals surface area contributed by atoms with E-state index in [0.717, 1.165) is 27.7 Å². The van der Waals surface area contributed by atoms with Gasteiger partial charge in [-0.25, -0.2) is 0 Å². The number of para-hydroxylation sites is 1. The molecule has 4 aromatic rings. The topological polar surface area (TPSA) is 72.8 Å². The summed E-state index contributed by atoms with van der Waals surface area (Å²) in [4.78, 5) is 28.7. The first-order valence-corrected chi connectivity index (χ1v) is 12.6. The summed E-state index contributed by atoms with van der Waals surface area (Å²) in [6, 6.07) is 22.4. The van der Waals surface area contributed by atoms with Gasteiger partial charge in [0.15, 0.2) is 11.5 Å². The number of nitrogens with one attached hydrogen (secondary N) is 1. The number of likely N-dealkylation sites (N-methyl/N-ethyl adjacent to an activating group) is 1. The van der Waals surface area contributed by atoms with Crippen LogP contribution in [0.2, 0.25) is 0 Å². The molecule has 2 heterocycles. The van der Waals surface area contributed by atoms with Crippen LogP contribution < -0.4 is 19.7 Å². The lowest BCUT2D eigenvalue weighted by atomic mass is 10.0. The van der Waals surface area contributed by atoms with E-state index < -0.39 is 6.04 Å². The van der Waals surface area contributed by atoms with Crippen molar-refractivity contribution in [3.05, 3.63) is 102 Å². The second-order valence-corrected chi connectivity index (χ2v) is 9.40. The fraction of sp³-hybridized carbons (Fsp3) is 0.226. The van der Waals surface area contributed by atoms with Crippen LogP contribution in [0.15, 0.2) is 85.5 Å². The van der Waals surface area contributed by atoms with Gasteiger partial charge >= 0.3 is 0 Å². The highest BCUT2D eigenvalue weighted by Crippen LogP contribution is 2.35. The van der Waals surface area contributed by atoms with Crippen LogP contribution in [0, 0.1) is 6.92 Å². The van der Waals surface area contributed by atoms with Gasteiger partial charge in [-0.1, -0.05) is 54.6 Å². The van der Waals surface area contributed by atoms with E-state index in [1.54, 1.807) is 24.1 Å². The number of aromatic nitrogens is 1. The second-order valence-electron chi connectivity index (χ2n) is 9.40. The number of hydrogen-bond donors (Lipinski definition) is 1. The minimum atomic E-state index is -0.748. The van der Waals surface area contributed by atoms with Gasteiger partial charge < -0.3 is 24.3 Å². The lowest BCUT2D eigenvalue weighted by molar-refractivity contribution is -0.127. The van der Waals surface area contributed by atoms with Gasteiger partial charge in [0, 0.05) is 48.4 Å². The summed E-state index contributed by atoms with van der Waals surface area (Å²) in [6.07, 6.45) is 2.39. The van der Waals surface area contributed by atoms with Crippen LogP contribution in [-0.4, -0.2) is 36.3 Å². The van der Waals surface area contributed by atoms with Crippen molar-refractivity contribution in [1.82, 2.24) is 9.88 Å². The lowest BCUT2D eigenvalue weighted by Crippen LogP contribution is -2.49. The lowest BCUT2D eigenvalue weighted by Gasteiger charge is -2.25. The fourth-order valence-electron chi connectivity index (χ4n) is 5.00. The molecule has 7 nitrogen and oxygen atoms in total. The third-order valence-electron chi connectivity index (χ3n) is 7.00. The first-order chi connectivity index (χ1) is 18.5. The molecule has 1 aromatic heterocycles. The van der Waals surface area contributed by atoms with E-state index in [0.29, 0.717) is 30.2 Å². The van der Waals surface area contributed by atoms with Gasteiger partial charge in [-0.05, 0) is 36.2 Å². The first-order valence-electron chi connectivity index (χ1n) is 12.6. The molecule has 2 amide bonds. The predicted molar refractivity (Wildman–Crippen MR) is 149 cm³/mol. The molecule has 5 rings (SSSR count). The van der Waals surface area contributed by atoms with Gasteiger partial charge in [0.25, 0.3) is 0 Å². The van der Waals surface area contributed by atoms with Crippen molar-refractivity contribution < 1.29 is 19.1 Å². The normalized spacial score (nSPS) is 12.8. The van der Waals surface area contributed by atoms with E-state index in [9.17, 15) is 9.59 Å². The van der Waals surface area contributed by atoms with Crippen LogP contribution in [-0.2, 0) is 29.0 Å². The molecule has 0 bridgehead atoms. The standard InChI is InChI=1S/C31H31N3O4/c1-4-16-34-21(2)25(24-12-8-9-13-27(24)34)19-30(35)32-26(17-22-10-6-5-7-11-22)31(36)33(3)23-14-15-28-29(18-23)38-20-37-28/h4-15,18,26H,1,16-17,19-20H2,2-3H3,(H,32,35)/t26-/m0/s1. The molecular formula is C31H31N3O4. The first kappa shape index (κ1) is 25.1. The van der Waals surface area contributed by atoms with Crippen molar-refractivity contribution in [1.29, 1.82) is 0 Å². The van der Waals surface area contributed by atoms with Crippen molar-refractivity contribution in [2.75, 3.05) is 18.7 Å². The molecular weight excluding hydrogens is 478 g/mol. The molecule has 0 radical (unpaired) electrons. The van der Waals surface area contributed by atoms with E-state index in [-0.39, 0.29) is 25.0 Å². The summed E-state index contributed by atoms with van der Waals surface area (Å²) < 4.78 is 13.0. The summed E-state index contributed by atoms with van der Waals surface area (Å²) in [5.74, 6) is 0.821. The minimum absolute atomic E-state index is 0.158. The van der Waals surface area contributed by atoms with Crippen molar-refractivity contribution in [3.63, 3.8) is 0 Å². The summed E-state index contributed by atoms with van der Waals surface area (Å²) in [5, 5.41) is 4.07. The highest BCUT2D eigenvalue weighted by molar-refractivity contribution is 6.00. The summed E-state index contributed by atoms with van der Waals surface area (Å²) >= 11 is 0. The Morgan fingerprint density at radius 1 is 1.05 bits per heavy atom. The molecule has 1 N–H and O–H groups in total. The zero-order chi connectivity index (χ0) is 26.6. The maximum atomic E-state index is 13.7. The second kappa shape index (κ2) is 10.8. The Morgan fingerprint density at radius 2 is 1.79 bits per heavy atom. The average molecular weight is 510 g/mol. The monoisotopic (exact) mass is 509 g/mol. The number of rotatable bonds is 9. The Balaban J connectivity index is 1.40. The number of hydrogen-bond acceptors (Lipinski definition) is 4. The Labute approximate surface area is 222 Å². The smallest absolute Gasteiger partial charge is 0.249 e. The van der Waals surface area contributed by atoms with Gasteiger partial charge in [0.05, 0.1) is 6.42 Å². The van der Waals surface area contributed by atoms with E-state index in [1.165, 1.54) is 0 Å². The molecule has 0 saturated carbocycles. The molecule has 0 aliphatic carbocycles. The molecule has 38 heavy (non-hydrogen) atoms. The minimum Gasteiger partial charge on any atom is -0.454 e. The van der Waals surface area contributed by atoms with E-state index in [1.807, 2.05) is 67.6 Å². The zero-order valence-electron chi connectivity index (χ0n) is 21.6. The van der Waals surface area contributed by atoms with E-state index >= 15 is 0 Å². The maximum absolute atomic E-state index is 13.7. The number of amides is 2. The third-order valence-corrected chi connectivity index (χ3v) is 7.00. The van der Waals surface area contributed by atoms with Crippen molar-refractivity contribution in [2.45, 2.75) is 32.4 Å². The van der Waals surface area contributed by atoms with Gasteiger partial charge in [-0.3, -0.25) is 9.59 Å². The van der Waals surface area contributed by atoms with Crippen LogP contribution >= 0.6 is 0 Å². The number of ether oxygens (including phenoxy) is 2. The van der Waals surface area contributed by atoms with Gasteiger partial charge in [-0.15, -0.1) is 6.58 Å². The molecule has 0 saturated heterocycles. The fourth-order valence-corrected chi connectivity index (χ4v) is 5.00. The Morgan fingerprint density at radius 3 is 2.58 bits per heavy atom. The van der Waals surface area contributed by atoms with Crippen molar-refractivity contribution in [3.8, 4) is 11.5 Å². The van der Waals surface area contributed by atoms with Crippen LogP contribution in [0.4, 0.5) is 5.69 Å². The number of allylic oxidation sites excluding steroid dienone is 1. The van der Waals surface area contributed by atoms with Crippen LogP contribution in [0.25, 0.3) is 10.9 Å². The molecule has 0 fully saturated rings. The molecule has 0 spiro atoms. The molecule has 1 atom stereocenters. The maximum Gasteiger partial charge on any atom is 0.249 e. The van der Waals surface area contributed by atoms with Crippen LogP contribution in [0.1, 0.15) is 16.8 Å². The number of carbonyl (C=O) groups excluding carboxylic acids is 2. The van der Waals surface area contributed by atoms with Gasteiger partial charge in [0.1, 0.15) is 6.04 Å². The van der Waals surface area contributed by atoms with Gasteiger partial charge in [-0.2, -0.15) is 0 Å². The Bertz CT molecular complexity index is 1490. The number of fused-ring (bicyclic) bond motifs is 2. The molecule has 3 aromatic carbocycles. The summed E-state index contributed by atoms with van der Waals surface area (Å²) in [7, 11) is 1.71. The highest BCUT2D eigenvalue weighted by Gasteiger charge is 2.27. The molecule has 194 valence electrons. The van der Waals surface area contributed by atoms with Crippen LogP contribution in [0.5, 0.6) is 11.5 Å². The van der Waals surface area contributed by atoms with E-state index in [2.05, 4.69) is 22.5 Å². The molecule has 0 unspecified atom stereocenters. The summed E-state index contributed by atoms with van der Waals surface area (Å²) in [5.41, 5.74) is 4.66. The Kier molecular flexibility index (Phi) is 7.18. The number of carbonyl (C=O) groups is 2. The van der Waals surface area contributed by atoms with Crippen molar-refractivity contribution >= 4 is 28.4 Å². The quantitative estimate of drug-likeness (QED) is 0.329. The molecule has 7 heteroatoms. The predicted octanol–water partition coefficient (Wildman–Crippen LogP) is 4.80. The summed E-state index contributed by atoms with van der Waals surface area (Å²) in [6.45, 7) is 6.71. The molecule has 1 aliphatic heterocycles. The van der Waals surface area contributed by atoms with Crippen LogP contribution in [0.3, 0.4) is 0 Å². The average Bonchev–Trinajstić information content (AvgIpc) is 3.51.